The van der Waals surface area contributed by atoms with Gasteiger partial charge in [-0.3, -0.25) is 0 Å². The quantitative estimate of drug-likeness (QED) is 0.449. The van der Waals surface area contributed by atoms with E-state index in [4.69, 9.17) is 0 Å². The van der Waals surface area contributed by atoms with Crippen molar-refractivity contribution in [1.29, 1.82) is 0 Å². The summed E-state index contributed by atoms with van der Waals surface area (Å²) in [5.74, 6) is 1.14. The Morgan fingerprint density at radius 2 is 2.12 bits per heavy atom. The van der Waals surface area contributed by atoms with Crippen LogP contribution in [0.4, 0.5) is 0 Å². The first-order valence-electron chi connectivity index (χ1n) is 3.81. The van der Waals surface area contributed by atoms with Crippen LogP contribution in [-0.2, 0) is 0 Å². The van der Waals surface area contributed by atoms with Gasteiger partial charge in [0.1, 0.15) is 0 Å². The maximum Gasteiger partial charge on any atom is -0.0297 e. The SMILES string of the molecule is C[C@]12CCCC1CC2. The van der Waals surface area contributed by atoms with Gasteiger partial charge in [-0.15, -0.1) is 0 Å². The summed E-state index contributed by atoms with van der Waals surface area (Å²) in [7, 11) is 0. The van der Waals surface area contributed by atoms with Crippen molar-refractivity contribution in [3.63, 3.8) is 0 Å². The van der Waals surface area contributed by atoms with Crippen LogP contribution in [0.5, 0.6) is 0 Å². The average molecular weight is 110 g/mol. The standard InChI is InChI=1S/C8H14/c1-8-5-2-3-7(8)4-6-8/h7H,2-6H2,1H3/t7?,8-/m1/s1. The molecule has 2 atom stereocenters. The van der Waals surface area contributed by atoms with Crippen molar-refractivity contribution < 1.29 is 0 Å². The third-order valence-electron chi connectivity index (χ3n) is 3.35. The molecule has 1 unspecified atom stereocenters. The first kappa shape index (κ1) is 4.84. The number of rotatable bonds is 0. The van der Waals surface area contributed by atoms with Gasteiger partial charge in [0.2, 0.25) is 0 Å². The lowest BCUT2D eigenvalue weighted by Gasteiger charge is -2.42. The monoisotopic (exact) mass is 110 g/mol. The van der Waals surface area contributed by atoms with Crippen molar-refractivity contribution in [2.45, 2.75) is 39.0 Å². The zero-order chi connectivity index (χ0) is 5.61. The lowest BCUT2D eigenvalue weighted by molar-refractivity contribution is 0.0882. The molecule has 0 spiro atoms. The first-order valence-corrected chi connectivity index (χ1v) is 3.81. The molecule has 0 heteroatoms. The molecule has 46 valence electrons. The topological polar surface area (TPSA) is 0 Å². The summed E-state index contributed by atoms with van der Waals surface area (Å²) in [6.07, 6.45) is 7.64. The lowest BCUT2D eigenvalue weighted by Crippen LogP contribution is -2.31. The van der Waals surface area contributed by atoms with Crippen molar-refractivity contribution in [1.82, 2.24) is 0 Å². The van der Waals surface area contributed by atoms with Gasteiger partial charge in [0, 0.05) is 0 Å². The van der Waals surface area contributed by atoms with E-state index in [0.29, 0.717) is 0 Å². The van der Waals surface area contributed by atoms with Gasteiger partial charge in [0.25, 0.3) is 0 Å². The third-order valence-corrected chi connectivity index (χ3v) is 3.35. The predicted molar refractivity (Wildman–Crippen MR) is 34.7 cm³/mol. The van der Waals surface area contributed by atoms with Crippen LogP contribution in [0.15, 0.2) is 0 Å². The van der Waals surface area contributed by atoms with E-state index in [0.717, 1.165) is 11.3 Å². The second kappa shape index (κ2) is 1.29. The van der Waals surface area contributed by atoms with Crippen LogP contribution in [-0.4, -0.2) is 0 Å². The Kier molecular flexibility index (Phi) is 0.778. The number of hydrogen-bond donors (Lipinski definition) is 0. The van der Waals surface area contributed by atoms with Crippen LogP contribution < -0.4 is 0 Å². The van der Waals surface area contributed by atoms with Gasteiger partial charge in [-0.2, -0.15) is 0 Å². The van der Waals surface area contributed by atoms with Crippen molar-refractivity contribution in [2.75, 3.05) is 0 Å². The van der Waals surface area contributed by atoms with Gasteiger partial charge in [0.05, 0.1) is 0 Å². The Bertz CT molecular complexity index is 107. The highest BCUT2D eigenvalue weighted by atomic mass is 14.5. The molecule has 0 aliphatic heterocycles. The third kappa shape index (κ3) is 0.416. The maximum atomic E-state index is 2.47. The minimum absolute atomic E-state index is 0.833. The molecular formula is C8H14. The summed E-state index contributed by atoms with van der Waals surface area (Å²) in [6.45, 7) is 2.47. The van der Waals surface area contributed by atoms with Gasteiger partial charge in [-0.05, 0) is 37.0 Å². The van der Waals surface area contributed by atoms with Crippen LogP contribution in [0.3, 0.4) is 0 Å². The summed E-state index contributed by atoms with van der Waals surface area (Å²) in [5.41, 5.74) is 0.833. The molecule has 0 heterocycles. The Hall–Kier alpha value is 0. The molecule has 2 aliphatic rings. The Morgan fingerprint density at radius 3 is 2.38 bits per heavy atom. The predicted octanol–water partition coefficient (Wildman–Crippen LogP) is 2.59. The second-order valence-corrected chi connectivity index (χ2v) is 3.78. The van der Waals surface area contributed by atoms with E-state index in [1.807, 2.05) is 0 Å². The first-order chi connectivity index (χ1) is 3.81. The molecule has 2 saturated carbocycles. The Morgan fingerprint density at radius 1 is 1.25 bits per heavy atom. The highest BCUT2D eigenvalue weighted by Gasteiger charge is 2.45. The van der Waals surface area contributed by atoms with Crippen molar-refractivity contribution in [3.8, 4) is 0 Å². The average Bonchev–Trinajstić information content (AvgIpc) is 1.94. The van der Waals surface area contributed by atoms with Crippen molar-refractivity contribution >= 4 is 0 Å². The van der Waals surface area contributed by atoms with Crippen LogP contribution in [0.2, 0.25) is 0 Å². The summed E-state index contributed by atoms with van der Waals surface area (Å²) in [5, 5.41) is 0. The van der Waals surface area contributed by atoms with Crippen molar-refractivity contribution in [2.24, 2.45) is 11.3 Å². The molecule has 0 aromatic heterocycles. The van der Waals surface area contributed by atoms with Gasteiger partial charge < -0.3 is 0 Å². The van der Waals surface area contributed by atoms with Crippen LogP contribution in [0, 0.1) is 11.3 Å². The molecule has 2 rings (SSSR count). The van der Waals surface area contributed by atoms with E-state index in [1.165, 1.54) is 32.1 Å². The van der Waals surface area contributed by atoms with Gasteiger partial charge in [-0.25, -0.2) is 0 Å². The molecule has 0 aromatic carbocycles. The smallest absolute Gasteiger partial charge is 0.0297 e. The molecule has 2 aliphatic carbocycles. The Balaban J connectivity index is 2.14. The molecule has 0 N–H and O–H groups in total. The number of fused-ring (bicyclic) bond motifs is 1. The van der Waals surface area contributed by atoms with E-state index in [9.17, 15) is 0 Å². The minimum atomic E-state index is 0.833. The molecule has 0 radical (unpaired) electrons. The zero-order valence-electron chi connectivity index (χ0n) is 5.61. The van der Waals surface area contributed by atoms with E-state index in [1.54, 1.807) is 0 Å². The van der Waals surface area contributed by atoms with E-state index >= 15 is 0 Å². The fourth-order valence-corrected chi connectivity index (χ4v) is 2.42. The molecule has 0 amide bonds. The van der Waals surface area contributed by atoms with E-state index in [-0.39, 0.29) is 0 Å². The van der Waals surface area contributed by atoms with Crippen LogP contribution in [0.25, 0.3) is 0 Å². The van der Waals surface area contributed by atoms with E-state index in [2.05, 4.69) is 6.92 Å². The van der Waals surface area contributed by atoms with Gasteiger partial charge >= 0.3 is 0 Å². The Labute approximate surface area is 51.3 Å². The maximum absolute atomic E-state index is 2.47. The van der Waals surface area contributed by atoms with Crippen molar-refractivity contribution in [3.05, 3.63) is 0 Å². The van der Waals surface area contributed by atoms with Gasteiger partial charge in [-0.1, -0.05) is 13.3 Å². The second-order valence-electron chi connectivity index (χ2n) is 3.78. The molecule has 8 heavy (non-hydrogen) atoms. The lowest BCUT2D eigenvalue weighted by atomic mass is 9.64. The number of hydrogen-bond acceptors (Lipinski definition) is 0. The minimum Gasteiger partial charge on any atom is -0.0594 e. The highest BCUT2D eigenvalue weighted by Crippen LogP contribution is 2.56. The largest absolute Gasteiger partial charge is 0.0594 e. The summed E-state index contributed by atoms with van der Waals surface area (Å²) in [6, 6.07) is 0. The zero-order valence-corrected chi connectivity index (χ0v) is 5.61. The molecule has 0 aromatic rings. The fourth-order valence-electron chi connectivity index (χ4n) is 2.42. The fraction of sp³-hybridized carbons (Fsp3) is 1.00. The van der Waals surface area contributed by atoms with Crippen LogP contribution >= 0.6 is 0 Å². The normalized spacial score (nSPS) is 52.9. The summed E-state index contributed by atoms with van der Waals surface area (Å²) >= 11 is 0. The molecular weight excluding hydrogens is 96.1 g/mol. The highest BCUT2D eigenvalue weighted by molar-refractivity contribution is 4.96. The van der Waals surface area contributed by atoms with E-state index < -0.39 is 0 Å². The molecule has 0 bridgehead atoms. The molecule has 0 nitrogen and oxygen atoms in total. The molecule has 2 fully saturated rings. The summed E-state index contributed by atoms with van der Waals surface area (Å²) < 4.78 is 0. The van der Waals surface area contributed by atoms with Gasteiger partial charge in [0.15, 0.2) is 0 Å². The summed E-state index contributed by atoms with van der Waals surface area (Å²) in [4.78, 5) is 0. The molecule has 0 saturated heterocycles. The van der Waals surface area contributed by atoms with Crippen LogP contribution in [0.1, 0.15) is 39.0 Å².